The first-order valence-corrected chi connectivity index (χ1v) is 7.47. The Kier molecular flexibility index (Phi) is 6.18. The lowest BCUT2D eigenvalue weighted by molar-refractivity contribution is 0.101. The van der Waals surface area contributed by atoms with Gasteiger partial charge in [-0.2, -0.15) is 0 Å². The van der Waals surface area contributed by atoms with Crippen molar-refractivity contribution in [2.24, 2.45) is 5.92 Å². The molecule has 0 aromatic heterocycles. The Morgan fingerprint density at radius 3 is 2.30 bits per heavy atom. The Hall–Kier alpha value is -1.38. The number of carbonyl (C=O) groups excluding carboxylic acids is 1. The van der Waals surface area contributed by atoms with Gasteiger partial charge in [-0.25, -0.2) is 4.39 Å². The van der Waals surface area contributed by atoms with Crippen molar-refractivity contribution in [1.29, 1.82) is 0 Å². The number of nitrogens with zero attached hydrogens (tertiary/aromatic N) is 1. The summed E-state index contributed by atoms with van der Waals surface area (Å²) in [6.07, 6.45) is 2.02. The molecule has 1 aromatic carbocycles. The fourth-order valence-electron chi connectivity index (χ4n) is 2.61. The van der Waals surface area contributed by atoms with E-state index in [0.717, 1.165) is 25.1 Å². The zero-order valence-electron chi connectivity index (χ0n) is 13.2. The van der Waals surface area contributed by atoms with Gasteiger partial charge in [-0.05, 0) is 43.9 Å². The second-order valence-corrected chi connectivity index (χ2v) is 5.73. The van der Waals surface area contributed by atoms with Crippen LogP contribution in [0.3, 0.4) is 0 Å². The molecule has 0 aliphatic rings. The number of hydrogen-bond donors (Lipinski definition) is 0. The van der Waals surface area contributed by atoms with Gasteiger partial charge in [0.25, 0.3) is 0 Å². The Labute approximate surface area is 122 Å². The van der Waals surface area contributed by atoms with E-state index in [1.807, 2.05) is 0 Å². The highest BCUT2D eigenvalue weighted by atomic mass is 19.1. The van der Waals surface area contributed by atoms with Crippen molar-refractivity contribution in [2.75, 3.05) is 11.4 Å². The van der Waals surface area contributed by atoms with Crippen LogP contribution < -0.4 is 4.90 Å². The second kappa shape index (κ2) is 7.41. The molecule has 0 atom stereocenters. The molecule has 0 spiro atoms. The molecular weight excluding hydrogens is 253 g/mol. The van der Waals surface area contributed by atoms with Crippen LogP contribution in [0.5, 0.6) is 0 Å². The highest BCUT2D eigenvalue weighted by molar-refractivity contribution is 5.99. The quantitative estimate of drug-likeness (QED) is 0.675. The maximum atomic E-state index is 13.4. The van der Waals surface area contributed by atoms with Gasteiger partial charge in [0.15, 0.2) is 5.78 Å². The first-order valence-electron chi connectivity index (χ1n) is 7.47. The number of rotatable bonds is 7. The Balaban J connectivity index is 3.28. The Morgan fingerprint density at radius 1 is 1.25 bits per heavy atom. The van der Waals surface area contributed by atoms with E-state index in [-0.39, 0.29) is 11.6 Å². The molecule has 0 heterocycles. The predicted molar refractivity (Wildman–Crippen MR) is 83.0 cm³/mol. The van der Waals surface area contributed by atoms with Crippen LogP contribution in [0, 0.1) is 11.7 Å². The molecule has 0 saturated heterocycles. The van der Waals surface area contributed by atoms with E-state index < -0.39 is 0 Å². The summed E-state index contributed by atoms with van der Waals surface area (Å²) in [5, 5.41) is 0. The van der Waals surface area contributed by atoms with Crippen LogP contribution in [0.4, 0.5) is 10.1 Å². The van der Waals surface area contributed by atoms with Crippen molar-refractivity contribution in [3.63, 3.8) is 0 Å². The van der Waals surface area contributed by atoms with Gasteiger partial charge < -0.3 is 4.90 Å². The molecule has 1 rings (SSSR count). The summed E-state index contributed by atoms with van der Waals surface area (Å²) in [5.74, 6) is 0.0488. The number of hydrogen-bond acceptors (Lipinski definition) is 2. The summed E-state index contributed by atoms with van der Waals surface area (Å²) in [5.41, 5.74) is 1.35. The molecule has 0 radical (unpaired) electrons. The molecule has 0 aliphatic heterocycles. The normalized spacial score (nSPS) is 11.2. The molecule has 2 nitrogen and oxygen atoms in total. The van der Waals surface area contributed by atoms with E-state index in [2.05, 4.69) is 32.6 Å². The number of carbonyl (C=O) groups is 1. The standard InChI is InChI=1S/C17H26FNO/c1-6-15(7-2)19(11-12(3)4)17-9-8-14(18)10-16(17)13(5)20/h8-10,12,15H,6-7,11H2,1-5H3. The topological polar surface area (TPSA) is 20.3 Å². The van der Waals surface area contributed by atoms with E-state index in [1.54, 1.807) is 6.07 Å². The van der Waals surface area contributed by atoms with Crippen LogP contribution in [0.25, 0.3) is 0 Å². The maximum absolute atomic E-state index is 13.4. The van der Waals surface area contributed by atoms with Crippen molar-refractivity contribution in [2.45, 2.75) is 53.5 Å². The van der Waals surface area contributed by atoms with Crippen LogP contribution in [-0.2, 0) is 0 Å². The average molecular weight is 279 g/mol. The third-order valence-corrected chi connectivity index (χ3v) is 3.59. The fourth-order valence-corrected chi connectivity index (χ4v) is 2.61. The Morgan fingerprint density at radius 2 is 1.85 bits per heavy atom. The highest BCUT2D eigenvalue weighted by Crippen LogP contribution is 2.27. The van der Waals surface area contributed by atoms with Crippen molar-refractivity contribution >= 4 is 11.5 Å². The minimum Gasteiger partial charge on any atom is -0.368 e. The van der Waals surface area contributed by atoms with Crippen LogP contribution in [0.15, 0.2) is 18.2 Å². The lowest BCUT2D eigenvalue weighted by Crippen LogP contribution is -2.38. The minimum atomic E-state index is -0.354. The summed E-state index contributed by atoms with van der Waals surface area (Å²) in [4.78, 5) is 14.1. The fraction of sp³-hybridized carbons (Fsp3) is 0.588. The van der Waals surface area contributed by atoms with Gasteiger partial charge >= 0.3 is 0 Å². The molecule has 0 N–H and O–H groups in total. The van der Waals surface area contributed by atoms with Crippen molar-refractivity contribution in [1.82, 2.24) is 0 Å². The van der Waals surface area contributed by atoms with Gasteiger partial charge in [-0.1, -0.05) is 27.7 Å². The minimum absolute atomic E-state index is 0.0841. The molecule has 0 bridgehead atoms. The first kappa shape index (κ1) is 16.7. The number of halogens is 1. The molecule has 0 aliphatic carbocycles. The van der Waals surface area contributed by atoms with Crippen LogP contribution in [0.2, 0.25) is 0 Å². The zero-order chi connectivity index (χ0) is 15.3. The zero-order valence-corrected chi connectivity index (χ0v) is 13.2. The number of anilines is 1. The lowest BCUT2D eigenvalue weighted by atomic mass is 10.0. The van der Waals surface area contributed by atoms with Gasteiger partial charge in [-0.3, -0.25) is 4.79 Å². The summed E-state index contributed by atoms with van der Waals surface area (Å²) in [7, 11) is 0. The molecule has 0 amide bonds. The van der Waals surface area contributed by atoms with E-state index in [4.69, 9.17) is 0 Å². The van der Waals surface area contributed by atoms with E-state index in [0.29, 0.717) is 17.5 Å². The SMILES string of the molecule is CCC(CC)N(CC(C)C)c1ccc(F)cc1C(C)=O. The van der Waals surface area contributed by atoms with Crippen LogP contribution in [-0.4, -0.2) is 18.4 Å². The van der Waals surface area contributed by atoms with E-state index in [9.17, 15) is 9.18 Å². The third-order valence-electron chi connectivity index (χ3n) is 3.59. The molecule has 0 unspecified atom stereocenters. The summed E-state index contributed by atoms with van der Waals surface area (Å²) >= 11 is 0. The van der Waals surface area contributed by atoms with Crippen molar-refractivity contribution < 1.29 is 9.18 Å². The first-order chi connectivity index (χ1) is 9.40. The number of ketones is 1. The van der Waals surface area contributed by atoms with E-state index >= 15 is 0 Å². The highest BCUT2D eigenvalue weighted by Gasteiger charge is 2.21. The summed E-state index contributed by atoms with van der Waals surface area (Å²) in [6, 6.07) is 4.92. The lowest BCUT2D eigenvalue weighted by Gasteiger charge is -2.35. The van der Waals surface area contributed by atoms with Gasteiger partial charge in [0.2, 0.25) is 0 Å². The smallest absolute Gasteiger partial charge is 0.161 e. The average Bonchev–Trinajstić information content (AvgIpc) is 2.38. The molecule has 112 valence electrons. The third kappa shape index (κ3) is 4.06. The molecule has 0 saturated carbocycles. The maximum Gasteiger partial charge on any atom is 0.161 e. The molecule has 0 fully saturated rings. The second-order valence-electron chi connectivity index (χ2n) is 5.73. The number of benzene rings is 1. The van der Waals surface area contributed by atoms with Gasteiger partial charge in [0.05, 0.1) is 0 Å². The molecule has 20 heavy (non-hydrogen) atoms. The molecule has 3 heteroatoms. The summed E-state index contributed by atoms with van der Waals surface area (Å²) in [6.45, 7) is 11.0. The number of Topliss-reactive ketones (excluding diaryl/α,β-unsaturated/α-hetero) is 1. The van der Waals surface area contributed by atoms with Gasteiger partial charge in [0, 0.05) is 23.8 Å². The molecule has 1 aromatic rings. The van der Waals surface area contributed by atoms with Crippen molar-refractivity contribution in [3.05, 3.63) is 29.6 Å². The van der Waals surface area contributed by atoms with E-state index in [1.165, 1.54) is 19.1 Å². The molecular formula is C17H26FNO. The van der Waals surface area contributed by atoms with Crippen LogP contribution >= 0.6 is 0 Å². The van der Waals surface area contributed by atoms with Gasteiger partial charge in [-0.15, -0.1) is 0 Å². The monoisotopic (exact) mass is 279 g/mol. The van der Waals surface area contributed by atoms with Crippen molar-refractivity contribution in [3.8, 4) is 0 Å². The Bertz CT molecular complexity index is 452. The largest absolute Gasteiger partial charge is 0.368 e. The summed E-state index contributed by atoms with van der Waals surface area (Å²) < 4.78 is 13.4. The predicted octanol–water partition coefficient (Wildman–Crippen LogP) is 4.68. The van der Waals surface area contributed by atoms with Gasteiger partial charge in [0.1, 0.15) is 5.82 Å². The van der Waals surface area contributed by atoms with Crippen LogP contribution in [0.1, 0.15) is 57.8 Å².